The molecule has 7 nitrogen and oxygen atoms in total. The van der Waals surface area contributed by atoms with Crippen molar-refractivity contribution in [3.05, 3.63) is 77.0 Å². The molecule has 0 atom stereocenters. The molecule has 5 N–H and O–H groups in total. The van der Waals surface area contributed by atoms with E-state index >= 15 is 0 Å². The molecule has 2 aliphatic rings. The number of H-pyrrole nitrogens is 1. The van der Waals surface area contributed by atoms with Crippen molar-refractivity contribution in [2.45, 2.75) is 32.8 Å². The Labute approximate surface area is 176 Å². The van der Waals surface area contributed by atoms with Crippen molar-refractivity contribution in [3.63, 3.8) is 0 Å². The lowest BCUT2D eigenvalue weighted by Gasteiger charge is -2.17. The van der Waals surface area contributed by atoms with E-state index in [0.29, 0.717) is 31.6 Å². The Morgan fingerprint density at radius 2 is 2.17 bits per heavy atom. The molecule has 0 spiro atoms. The number of anilines is 2. The Morgan fingerprint density at radius 1 is 1.23 bits per heavy atom. The van der Waals surface area contributed by atoms with Crippen LogP contribution in [0, 0.1) is 0 Å². The van der Waals surface area contributed by atoms with Crippen molar-refractivity contribution < 1.29 is 14.5 Å². The van der Waals surface area contributed by atoms with Crippen molar-refractivity contribution in [2.75, 3.05) is 23.8 Å². The van der Waals surface area contributed by atoms with Gasteiger partial charge in [-0.25, -0.2) is 10.3 Å². The summed E-state index contributed by atoms with van der Waals surface area (Å²) >= 11 is 0. The van der Waals surface area contributed by atoms with Crippen LogP contribution >= 0.6 is 0 Å². The van der Waals surface area contributed by atoms with Gasteiger partial charge in [-0.05, 0) is 48.0 Å². The molecule has 1 aromatic carbocycles. The van der Waals surface area contributed by atoms with E-state index in [1.165, 1.54) is 16.9 Å². The van der Waals surface area contributed by atoms with Crippen molar-refractivity contribution in [1.29, 1.82) is 0 Å². The van der Waals surface area contributed by atoms with Gasteiger partial charge in [0.25, 0.3) is 5.88 Å². The van der Waals surface area contributed by atoms with Gasteiger partial charge in [0, 0.05) is 36.5 Å². The van der Waals surface area contributed by atoms with Gasteiger partial charge >= 0.3 is 5.95 Å². The lowest BCUT2D eigenvalue weighted by molar-refractivity contribution is -0.365. The molecule has 1 aromatic heterocycles. The van der Waals surface area contributed by atoms with E-state index in [1.807, 2.05) is 18.3 Å². The second kappa shape index (κ2) is 9.45. The number of fused-ring (bicyclic) bond motifs is 1. The molecule has 0 amide bonds. The van der Waals surface area contributed by atoms with E-state index in [9.17, 15) is 0 Å². The third kappa shape index (κ3) is 5.18. The summed E-state index contributed by atoms with van der Waals surface area (Å²) in [5.74, 6) is 2.11. The Hall–Kier alpha value is -3.32. The zero-order valence-corrected chi connectivity index (χ0v) is 17.2. The van der Waals surface area contributed by atoms with Crippen LogP contribution < -0.4 is 26.1 Å². The molecule has 0 fully saturated rings. The lowest BCUT2D eigenvalue weighted by Crippen LogP contribution is -2.16. The van der Waals surface area contributed by atoms with Gasteiger partial charge in [0.05, 0.1) is 24.3 Å². The molecular weight excluding hydrogens is 378 g/mol. The fourth-order valence-electron chi connectivity index (χ4n) is 3.43. The molecule has 0 radical (unpaired) electrons. The van der Waals surface area contributed by atoms with Crippen LogP contribution in [0.2, 0.25) is 0 Å². The van der Waals surface area contributed by atoms with Crippen LogP contribution in [0.5, 0.6) is 5.88 Å². The van der Waals surface area contributed by atoms with Gasteiger partial charge in [-0.15, -0.1) is 0 Å². The summed E-state index contributed by atoms with van der Waals surface area (Å²) in [5.41, 5.74) is 11.2. The van der Waals surface area contributed by atoms with Crippen LogP contribution in [-0.4, -0.2) is 18.1 Å². The normalized spacial score (nSPS) is 15.2. The topological polar surface area (TPSA) is 95.6 Å². The average Bonchev–Trinajstić information content (AvgIpc) is 2.77. The van der Waals surface area contributed by atoms with E-state index in [4.69, 9.17) is 15.2 Å². The maximum Gasteiger partial charge on any atom is 0.397 e. The molecule has 30 heavy (non-hydrogen) atoms. The number of nitrogens with two attached hydrogens (primary N) is 1. The molecule has 0 saturated heterocycles. The number of allylic oxidation sites excluding steroid dienone is 5. The highest BCUT2D eigenvalue weighted by molar-refractivity contribution is 5.59. The van der Waals surface area contributed by atoms with Crippen LogP contribution in [0.4, 0.5) is 11.6 Å². The van der Waals surface area contributed by atoms with E-state index in [1.54, 1.807) is 0 Å². The molecule has 2 heterocycles. The number of aromatic amines is 1. The van der Waals surface area contributed by atoms with Gasteiger partial charge in [0.2, 0.25) is 0 Å². The minimum Gasteiger partial charge on any atom is -0.496 e. The zero-order chi connectivity index (χ0) is 20.8. The second-order valence-electron chi connectivity index (χ2n) is 7.34. The standard InChI is InChI=1S/C23H27N5O2/c1-16-5-7-18-13-17(6-8-21(18)26-16)15-30-22-9-11-25-23(28-22)27-19-3-2-4-20(14-19)29-12-10-24/h3,5-6,8-9,11,13-14,26H,2,4,7,10,12,15,24H2,1H3,(H,25,27,28)/p+1. The number of ether oxygens (including phenoxy) is 2. The molecule has 2 aromatic rings. The van der Waals surface area contributed by atoms with E-state index in [2.05, 4.69) is 57.9 Å². The summed E-state index contributed by atoms with van der Waals surface area (Å²) in [6.45, 7) is 3.58. The van der Waals surface area contributed by atoms with Crippen molar-refractivity contribution >= 4 is 11.6 Å². The van der Waals surface area contributed by atoms with Crippen LogP contribution in [0.25, 0.3) is 0 Å². The summed E-state index contributed by atoms with van der Waals surface area (Å²) in [5, 5.41) is 6.67. The molecule has 1 aliphatic carbocycles. The number of benzene rings is 1. The first-order valence-corrected chi connectivity index (χ1v) is 10.3. The van der Waals surface area contributed by atoms with Gasteiger partial charge in [-0.2, -0.15) is 0 Å². The third-order valence-electron chi connectivity index (χ3n) is 4.92. The van der Waals surface area contributed by atoms with E-state index < -0.39 is 0 Å². The Morgan fingerprint density at radius 3 is 3.07 bits per heavy atom. The molecular formula is C23H28N5O2+. The molecule has 0 saturated carbocycles. The summed E-state index contributed by atoms with van der Waals surface area (Å²) in [6, 6.07) is 8.19. The minimum atomic E-state index is 0.464. The molecule has 0 unspecified atom stereocenters. The summed E-state index contributed by atoms with van der Waals surface area (Å²) in [4.78, 5) is 7.63. The van der Waals surface area contributed by atoms with Crippen molar-refractivity contribution in [3.8, 4) is 5.88 Å². The summed E-state index contributed by atoms with van der Waals surface area (Å²) < 4.78 is 11.6. The fraction of sp³-hybridized carbons (Fsp3) is 0.304. The maximum atomic E-state index is 5.93. The number of hydrogen-bond acceptors (Lipinski definition) is 6. The molecule has 0 bridgehead atoms. The SMILES string of the molecule is CC1=CCc2cc(COc3cc[nH+]c(NC4=CCCC(OCCN)=C4)n3)ccc2N1. The lowest BCUT2D eigenvalue weighted by atomic mass is 10.0. The maximum absolute atomic E-state index is 5.93. The van der Waals surface area contributed by atoms with Crippen LogP contribution in [0.15, 0.2) is 65.8 Å². The zero-order valence-electron chi connectivity index (χ0n) is 17.2. The smallest absolute Gasteiger partial charge is 0.397 e. The van der Waals surface area contributed by atoms with Gasteiger partial charge in [0.1, 0.15) is 6.61 Å². The summed E-state index contributed by atoms with van der Waals surface area (Å²) in [6.07, 6.45) is 10.9. The highest BCUT2D eigenvalue weighted by Gasteiger charge is 2.14. The average molecular weight is 407 g/mol. The van der Waals surface area contributed by atoms with Crippen molar-refractivity contribution in [2.24, 2.45) is 5.73 Å². The molecule has 7 heteroatoms. The van der Waals surface area contributed by atoms with Gasteiger partial charge in [-0.3, -0.25) is 0 Å². The van der Waals surface area contributed by atoms with Gasteiger partial charge in [0.15, 0.2) is 0 Å². The van der Waals surface area contributed by atoms with Gasteiger partial charge in [-0.1, -0.05) is 18.2 Å². The molecule has 1 aliphatic heterocycles. The number of rotatable bonds is 8. The molecule has 156 valence electrons. The first kappa shape index (κ1) is 20.0. The van der Waals surface area contributed by atoms with Crippen LogP contribution in [0.3, 0.4) is 0 Å². The quantitative estimate of drug-likeness (QED) is 0.623. The summed E-state index contributed by atoms with van der Waals surface area (Å²) in [7, 11) is 0. The third-order valence-corrected chi connectivity index (χ3v) is 4.92. The first-order chi connectivity index (χ1) is 14.7. The van der Waals surface area contributed by atoms with Gasteiger partial charge < -0.3 is 20.5 Å². The first-order valence-electron chi connectivity index (χ1n) is 10.3. The second-order valence-corrected chi connectivity index (χ2v) is 7.34. The largest absolute Gasteiger partial charge is 0.496 e. The predicted molar refractivity (Wildman–Crippen MR) is 117 cm³/mol. The Kier molecular flexibility index (Phi) is 6.29. The van der Waals surface area contributed by atoms with E-state index in [-0.39, 0.29) is 0 Å². The highest BCUT2D eigenvalue weighted by Crippen LogP contribution is 2.25. The number of hydrogen-bond donors (Lipinski definition) is 3. The Balaban J connectivity index is 1.36. The minimum absolute atomic E-state index is 0.464. The monoisotopic (exact) mass is 406 g/mol. The highest BCUT2D eigenvalue weighted by atomic mass is 16.5. The number of nitrogens with one attached hydrogen (secondary N) is 3. The number of nitrogens with zero attached hydrogens (tertiary/aromatic N) is 1. The Bertz CT molecular complexity index is 997. The fourth-order valence-corrected chi connectivity index (χ4v) is 3.43. The van der Waals surface area contributed by atoms with Crippen molar-refractivity contribution in [1.82, 2.24) is 4.98 Å². The van der Waals surface area contributed by atoms with E-state index in [0.717, 1.165) is 36.3 Å². The number of aromatic nitrogens is 2. The van der Waals surface area contributed by atoms with Crippen LogP contribution in [0.1, 0.15) is 30.9 Å². The molecule has 4 rings (SSSR count). The predicted octanol–water partition coefficient (Wildman–Crippen LogP) is 3.30. The van der Waals surface area contributed by atoms with Crippen LogP contribution in [-0.2, 0) is 17.8 Å².